The van der Waals surface area contributed by atoms with Crippen molar-refractivity contribution in [2.24, 2.45) is 11.7 Å². The summed E-state index contributed by atoms with van der Waals surface area (Å²) in [6, 6.07) is 23.8. The van der Waals surface area contributed by atoms with Crippen LogP contribution in [-0.2, 0) is 27.4 Å². The number of carbonyl (C=O) groups is 1. The first-order valence-electron chi connectivity index (χ1n) is 11.8. The van der Waals surface area contributed by atoms with Gasteiger partial charge >= 0.3 is 0 Å². The third-order valence-electron chi connectivity index (χ3n) is 6.20. The van der Waals surface area contributed by atoms with Gasteiger partial charge in [-0.25, -0.2) is 0 Å². The zero-order valence-electron chi connectivity index (χ0n) is 20.0. The van der Waals surface area contributed by atoms with Crippen molar-refractivity contribution in [1.82, 2.24) is 0 Å². The molecule has 1 fully saturated rings. The zero-order valence-corrected chi connectivity index (χ0v) is 20.8. The Morgan fingerprint density at radius 1 is 0.943 bits per heavy atom. The maximum Gasteiger partial charge on any atom is 0.221 e. The highest BCUT2D eigenvalue weighted by atomic mass is 32.2. The number of anilines is 1. The Morgan fingerprint density at radius 2 is 1.57 bits per heavy atom. The van der Waals surface area contributed by atoms with Crippen LogP contribution in [0, 0.1) is 5.92 Å². The van der Waals surface area contributed by atoms with Crippen molar-refractivity contribution < 1.29 is 19.4 Å². The second-order valence-corrected chi connectivity index (χ2v) is 9.88. The first-order valence-corrected chi connectivity index (χ1v) is 12.8. The molecule has 1 aliphatic heterocycles. The molecule has 3 aromatic rings. The van der Waals surface area contributed by atoms with Crippen molar-refractivity contribution in [2.45, 2.75) is 50.4 Å². The molecule has 4 rings (SSSR count). The molecule has 0 saturated carbocycles. The Bertz CT molecular complexity index is 1100. The lowest BCUT2D eigenvalue weighted by atomic mass is 9.91. The number of aliphatic hydroxyl groups is 1. The number of ether oxygens (including phenoxy) is 2. The number of hydrogen-bond acceptors (Lipinski definition) is 6. The lowest BCUT2D eigenvalue weighted by Gasteiger charge is -2.41. The van der Waals surface area contributed by atoms with E-state index < -0.39 is 6.29 Å². The molecule has 0 radical (unpaired) electrons. The predicted octanol–water partition coefficient (Wildman–Crippen LogP) is 5.18. The van der Waals surface area contributed by atoms with Crippen molar-refractivity contribution >= 4 is 23.4 Å². The van der Waals surface area contributed by atoms with Crippen molar-refractivity contribution in [3.05, 3.63) is 95.1 Å². The normalized spacial score (nSPS) is 22.1. The largest absolute Gasteiger partial charge is 0.392 e. The van der Waals surface area contributed by atoms with E-state index >= 15 is 0 Å². The molecule has 35 heavy (non-hydrogen) atoms. The van der Waals surface area contributed by atoms with E-state index in [1.165, 1.54) is 6.92 Å². The van der Waals surface area contributed by atoms with E-state index in [2.05, 4.69) is 12.2 Å². The standard InChI is InChI=1S/C28H32N2O4S/c1-18-26(17-35-25-13-11-24(12-14-25)30-19(2)32)33-28(23-9-3-20(15-29)4-10-23)34-27(18)22-7-5-21(16-31)6-8-22/h3-14,18,26-28,31H,15-17,29H2,1-2H3,(H,30,32)/t18-,26+,27+,28?/m0/s1. The third-order valence-corrected chi connectivity index (χ3v) is 7.30. The fourth-order valence-corrected chi connectivity index (χ4v) is 5.20. The van der Waals surface area contributed by atoms with Gasteiger partial charge < -0.3 is 25.6 Å². The molecule has 6 nitrogen and oxygen atoms in total. The van der Waals surface area contributed by atoms with Crippen LogP contribution in [0.2, 0.25) is 0 Å². The number of aliphatic hydroxyl groups excluding tert-OH is 1. The number of hydrogen-bond donors (Lipinski definition) is 3. The minimum atomic E-state index is -0.492. The zero-order chi connectivity index (χ0) is 24.8. The van der Waals surface area contributed by atoms with Crippen LogP contribution >= 0.6 is 11.8 Å². The van der Waals surface area contributed by atoms with Crippen molar-refractivity contribution in [3.8, 4) is 0 Å². The van der Waals surface area contributed by atoms with Gasteiger partial charge in [0.05, 0.1) is 18.8 Å². The minimum absolute atomic E-state index is 0.0145. The molecule has 3 aromatic carbocycles. The molecule has 1 heterocycles. The van der Waals surface area contributed by atoms with Gasteiger partial charge in [0.2, 0.25) is 5.91 Å². The summed E-state index contributed by atoms with van der Waals surface area (Å²) in [6.07, 6.45) is -0.692. The molecule has 4 N–H and O–H groups in total. The van der Waals surface area contributed by atoms with E-state index in [-0.39, 0.29) is 30.6 Å². The van der Waals surface area contributed by atoms with Crippen molar-refractivity contribution in [2.75, 3.05) is 11.1 Å². The van der Waals surface area contributed by atoms with Crippen LogP contribution < -0.4 is 11.1 Å². The van der Waals surface area contributed by atoms with Crippen LogP contribution in [0.25, 0.3) is 0 Å². The lowest BCUT2D eigenvalue weighted by Crippen LogP contribution is -2.38. The second kappa shape index (κ2) is 11.8. The Hall–Kier alpha value is -2.68. The molecule has 7 heteroatoms. The summed E-state index contributed by atoms with van der Waals surface area (Å²) in [6.45, 7) is 4.16. The van der Waals surface area contributed by atoms with Crippen LogP contribution in [0.3, 0.4) is 0 Å². The lowest BCUT2D eigenvalue weighted by molar-refractivity contribution is -0.268. The van der Waals surface area contributed by atoms with Gasteiger partial charge in [0.1, 0.15) is 0 Å². The van der Waals surface area contributed by atoms with E-state index in [9.17, 15) is 9.90 Å². The highest BCUT2D eigenvalue weighted by molar-refractivity contribution is 7.99. The van der Waals surface area contributed by atoms with E-state index in [4.69, 9.17) is 15.2 Å². The van der Waals surface area contributed by atoms with Gasteiger partial charge in [-0.15, -0.1) is 11.8 Å². The highest BCUT2D eigenvalue weighted by Crippen LogP contribution is 2.43. The fourth-order valence-electron chi connectivity index (χ4n) is 4.14. The Balaban J connectivity index is 1.53. The molecule has 4 atom stereocenters. The van der Waals surface area contributed by atoms with Gasteiger partial charge in [-0.2, -0.15) is 0 Å². The number of thioether (sulfide) groups is 1. The van der Waals surface area contributed by atoms with Crippen LogP contribution in [0.1, 0.15) is 48.5 Å². The molecule has 1 aliphatic rings. The summed E-state index contributed by atoms with van der Waals surface area (Å²) < 4.78 is 13.0. The van der Waals surface area contributed by atoms with Gasteiger partial charge in [-0.1, -0.05) is 55.5 Å². The number of benzene rings is 3. The average Bonchev–Trinajstić information content (AvgIpc) is 2.89. The first kappa shape index (κ1) is 25.4. The van der Waals surface area contributed by atoms with Crippen molar-refractivity contribution in [3.63, 3.8) is 0 Å². The second-order valence-electron chi connectivity index (χ2n) is 8.78. The van der Waals surface area contributed by atoms with Crippen LogP contribution in [0.5, 0.6) is 0 Å². The summed E-state index contributed by atoms with van der Waals surface area (Å²) in [5.41, 5.74) is 10.5. The number of nitrogens with one attached hydrogen (secondary N) is 1. The Kier molecular flexibility index (Phi) is 8.59. The minimum Gasteiger partial charge on any atom is -0.392 e. The monoisotopic (exact) mass is 492 g/mol. The van der Waals surface area contributed by atoms with E-state index in [0.29, 0.717) is 6.54 Å². The summed E-state index contributed by atoms with van der Waals surface area (Å²) in [5.74, 6) is 0.784. The van der Waals surface area contributed by atoms with Gasteiger partial charge in [0.15, 0.2) is 6.29 Å². The first-order chi connectivity index (χ1) is 17.0. The summed E-state index contributed by atoms with van der Waals surface area (Å²) in [7, 11) is 0. The molecule has 0 spiro atoms. The Morgan fingerprint density at radius 3 is 2.17 bits per heavy atom. The van der Waals surface area contributed by atoms with E-state index in [1.54, 1.807) is 11.8 Å². The molecule has 0 aliphatic carbocycles. The van der Waals surface area contributed by atoms with E-state index in [0.717, 1.165) is 38.6 Å². The molecular formula is C28H32N2O4S. The highest BCUT2D eigenvalue weighted by Gasteiger charge is 2.38. The Labute approximate surface area is 210 Å². The van der Waals surface area contributed by atoms with Gasteiger partial charge in [-0.05, 0) is 41.0 Å². The molecular weight excluding hydrogens is 460 g/mol. The molecule has 1 saturated heterocycles. The molecule has 1 unspecified atom stereocenters. The smallest absolute Gasteiger partial charge is 0.221 e. The number of amides is 1. The molecule has 0 bridgehead atoms. The van der Waals surface area contributed by atoms with Gasteiger partial charge in [0, 0.05) is 41.3 Å². The topological polar surface area (TPSA) is 93.8 Å². The number of nitrogens with two attached hydrogens (primary N) is 1. The number of rotatable bonds is 8. The number of carbonyl (C=O) groups excluding carboxylic acids is 1. The fraction of sp³-hybridized carbons (Fsp3) is 0.321. The van der Waals surface area contributed by atoms with Crippen LogP contribution in [-0.4, -0.2) is 22.9 Å². The molecule has 184 valence electrons. The molecule has 1 amide bonds. The summed E-state index contributed by atoms with van der Waals surface area (Å²) >= 11 is 1.72. The summed E-state index contributed by atoms with van der Waals surface area (Å²) in [4.78, 5) is 12.4. The van der Waals surface area contributed by atoms with Crippen molar-refractivity contribution in [1.29, 1.82) is 0 Å². The maximum atomic E-state index is 11.3. The van der Waals surface area contributed by atoms with Crippen LogP contribution in [0.15, 0.2) is 77.7 Å². The SMILES string of the molecule is CC(=O)Nc1ccc(SC[C@H]2OC(c3ccc(CN)cc3)O[C@@H](c3ccc(CO)cc3)[C@H]2C)cc1. The van der Waals surface area contributed by atoms with E-state index in [1.807, 2.05) is 72.8 Å². The summed E-state index contributed by atoms with van der Waals surface area (Å²) in [5, 5.41) is 12.2. The molecule has 0 aromatic heterocycles. The maximum absolute atomic E-state index is 11.3. The third kappa shape index (κ3) is 6.51. The van der Waals surface area contributed by atoms with Gasteiger partial charge in [0.25, 0.3) is 0 Å². The average molecular weight is 493 g/mol. The van der Waals surface area contributed by atoms with Crippen LogP contribution in [0.4, 0.5) is 5.69 Å². The quantitative estimate of drug-likeness (QED) is 0.375. The predicted molar refractivity (Wildman–Crippen MR) is 139 cm³/mol. The van der Waals surface area contributed by atoms with Gasteiger partial charge in [-0.3, -0.25) is 4.79 Å².